The van der Waals surface area contributed by atoms with Crippen LogP contribution in [0, 0.1) is 0 Å². The first-order valence-corrected chi connectivity index (χ1v) is 8.10. The van der Waals surface area contributed by atoms with Crippen molar-refractivity contribution in [1.29, 1.82) is 0 Å². The lowest BCUT2D eigenvalue weighted by Crippen LogP contribution is -2.31. The number of benzene rings is 1. The number of nitrogens with two attached hydrogens (primary N) is 1. The van der Waals surface area contributed by atoms with Gasteiger partial charge in [0.05, 0.1) is 5.69 Å². The molecule has 20 heavy (non-hydrogen) atoms. The smallest absolute Gasteiger partial charge is 0.0686 e. The van der Waals surface area contributed by atoms with Crippen molar-refractivity contribution in [2.45, 2.75) is 19.5 Å². The highest BCUT2D eigenvalue weighted by Crippen LogP contribution is 2.26. The fraction of sp³-hybridized carbons (Fsp3) is 0.267. The lowest BCUT2D eigenvalue weighted by molar-refractivity contribution is 0.242. The maximum atomic E-state index is 6.04. The maximum absolute atomic E-state index is 6.04. The largest absolute Gasteiger partial charge is 0.398 e. The summed E-state index contributed by atoms with van der Waals surface area (Å²) >= 11 is 7.01. The number of hydrogen-bond acceptors (Lipinski definition) is 3. The third-order valence-electron chi connectivity index (χ3n) is 3.64. The molecular weight excluding hydrogens is 382 g/mol. The standard InChI is InChI=1S/C15H15Br2N3/c16-11-6-13(17)15(19-7-11)9-20-5-4-12-10(8-20)2-1-3-14(12)18/h1-3,6-7H,4-5,8-9,18H2. The SMILES string of the molecule is Nc1cccc2c1CCN(Cc1ncc(Br)cc1Br)C2. The molecule has 0 amide bonds. The van der Waals surface area contributed by atoms with Gasteiger partial charge in [-0.2, -0.15) is 0 Å². The molecule has 2 N–H and O–H groups in total. The van der Waals surface area contributed by atoms with Crippen LogP contribution in [0.2, 0.25) is 0 Å². The van der Waals surface area contributed by atoms with Gasteiger partial charge in [0.1, 0.15) is 0 Å². The van der Waals surface area contributed by atoms with Crippen molar-refractivity contribution in [2.75, 3.05) is 12.3 Å². The molecule has 2 aromatic rings. The van der Waals surface area contributed by atoms with E-state index in [0.29, 0.717) is 0 Å². The van der Waals surface area contributed by atoms with Gasteiger partial charge in [0.25, 0.3) is 0 Å². The van der Waals surface area contributed by atoms with Gasteiger partial charge < -0.3 is 5.73 Å². The third-order valence-corrected chi connectivity index (χ3v) is 4.76. The van der Waals surface area contributed by atoms with Crippen LogP contribution in [-0.2, 0) is 19.5 Å². The number of hydrogen-bond donors (Lipinski definition) is 1. The average molecular weight is 397 g/mol. The monoisotopic (exact) mass is 395 g/mol. The second-order valence-electron chi connectivity index (χ2n) is 5.03. The van der Waals surface area contributed by atoms with Crippen molar-refractivity contribution in [3.05, 3.63) is 56.2 Å². The average Bonchev–Trinajstić information content (AvgIpc) is 2.42. The second-order valence-corrected chi connectivity index (χ2v) is 6.80. The molecule has 1 aromatic heterocycles. The van der Waals surface area contributed by atoms with Crippen molar-refractivity contribution in [2.24, 2.45) is 0 Å². The summed E-state index contributed by atoms with van der Waals surface area (Å²) in [6.45, 7) is 2.80. The molecule has 0 atom stereocenters. The Morgan fingerprint density at radius 1 is 1.30 bits per heavy atom. The lowest BCUT2D eigenvalue weighted by Gasteiger charge is -2.29. The first kappa shape index (κ1) is 14.0. The third kappa shape index (κ3) is 2.90. The van der Waals surface area contributed by atoms with Gasteiger partial charge >= 0.3 is 0 Å². The fourth-order valence-corrected chi connectivity index (χ4v) is 3.72. The molecule has 0 spiro atoms. The van der Waals surface area contributed by atoms with Crippen molar-refractivity contribution in [3.63, 3.8) is 0 Å². The molecule has 2 heterocycles. The normalized spacial score (nSPS) is 15.1. The topological polar surface area (TPSA) is 42.1 Å². The van der Waals surface area contributed by atoms with E-state index in [1.54, 1.807) is 0 Å². The minimum absolute atomic E-state index is 0.849. The second kappa shape index (κ2) is 5.84. The van der Waals surface area contributed by atoms with Crippen molar-refractivity contribution >= 4 is 37.5 Å². The fourth-order valence-electron chi connectivity index (χ4n) is 2.60. The molecule has 1 aromatic carbocycles. The lowest BCUT2D eigenvalue weighted by atomic mass is 9.98. The van der Waals surface area contributed by atoms with Crippen LogP contribution < -0.4 is 5.73 Å². The van der Waals surface area contributed by atoms with Crippen LogP contribution in [0.5, 0.6) is 0 Å². The molecule has 104 valence electrons. The molecule has 5 heteroatoms. The van der Waals surface area contributed by atoms with Crippen molar-refractivity contribution < 1.29 is 0 Å². The van der Waals surface area contributed by atoms with E-state index in [1.165, 1.54) is 11.1 Å². The predicted octanol–water partition coefficient (Wildman–Crippen LogP) is 3.75. The van der Waals surface area contributed by atoms with Crippen LogP contribution in [0.25, 0.3) is 0 Å². The number of nitrogens with zero attached hydrogens (tertiary/aromatic N) is 2. The minimum atomic E-state index is 0.849. The van der Waals surface area contributed by atoms with Crippen molar-refractivity contribution in [3.8, 4) is 0 Å². The van der Waals surface area contributed by atoms with Gasteiger partial charge in [-0.25, -0.2) is 0 Å². The highest BCUT2D eigenvalue weighted by Gasteiger charge is 2.19. The Labute approximate surface area is 135 Å². The van der Waals surface area contributed by atoms with Crippen LogP contribution in [-0.4, -0.2) is 16.4 Å². The van der Waals surface area contributed by atoms with E-state index < -0.39 is 0 Å². The molecule has 0 aliphatic carbocycles. The zero-order valence-corrected chi connectivity index (χ0v) is 14.1. The summed E-state index contributed by atoms with van der Waals surface area (Å²) in [6.07, 6.45) is 2.85. The quantitative estimate of drug-likeness (QED) is 0.786. The van der Waals surface area contributed by atoms with E-state index in [0.717, 1.165) is 46.4 Å². The van der Waals surface area contributed by atoms with Gasteiger partial charge in [0, 0.05) is 40.5 Å². The van der Waals surface area contributed by atoms with E-state index >= 15 is 0 Å². The van der Waals surface area contributed by atoms with Crippen molar-refractivity contribution in [1.82, 2.24) is 9.88 Å². The molecule has 0 saturated heterocycles. The number of aromatic nitrogens is 1. The molecule has 0 saturated carbocycles. The Hall–Kier alpha value is -0.910. The van der Waals surface area contributed by atoms with Crippen LogP contribution in [0.3, 0.4) is 0 Å². The Morgan fingerprint density at radius 3 is 2.95 bits per heavy atom. The van der Waals surface area contributed by atoms with E-state index in [2.05, 4.69) is 47.8 Å². The highest BCUT2D eigenvalue weighted by molar-refractivity contribution is 9.11. The summed E-state index contributed by atoms with van der Waals surface area (Å²) in [5.74, 6) is 0. The van der Waals surface area contributed by atoms with Gasteiger partial charge in [0.15, 0.2) is 0 Å². The van der Waals surface area contributed by atoms with Crippen LogP contribution in [0.1, 0.15) is 16.8 Å². The molecule has 0 bridgehead atoms. The summed E-state index contributed by atoms with van der Waals surface area (Å²) in [4.78, 5) is 6.89. The van der Waals surface area contributed by atoms with Crippen LogP contribution >= 0.6 is 31.9 Å². The highest BCUT2D eigenvalue weighted by atomic mass is 79.9. The number of rotatable bonds is 2. The number of nitrogen functional groups attached to an aromatic ring is 1. The number of pyridine rings is 1. The zero-order valence-electron chi connectivity index (χ0n) is 10.9. The maximum Gasteiger partial charge on any atom is 0.0686 e. The number of anilines is 1. The molecule has 0 radical (unpaired) electrons. The summed E-state index contributed by atoms with van der Waals surface area (Å²) in [6, 6.07) is 8.23. The summed E-state index contributed by atoms with van der Waals surface area (Å²) in [5.41, 5.74) is 10.7. The predicted molar refractivity (Wildman–Crippen MR) is 88.3 cm³/mol. The Morgan fingerprint density at radius 2 is 2.15 bits per heavy atom. The van der Waals surface area contributed by atoms with Gasteiger partial charge in [-0.15, -0.1) is 0 Å². The summed E-state index contributed by atoms with van der Waals surface area (Å²) in [7, 11) is 0. The zero-order chi connectivity index (χ0) is 14.1. The van der Waals surface area contributed by atoms with E-state index in [9.17, 15) is 0 Å². The van der Waals surface area contributed by atoms with Gasteiger partial charge in [-0.1, -0.05) is 12.1 Å². The molecule has 0 unspecified atom stereocenters. The first-order chi connectivity index (χ1) is 9.63. The van der Waals surface area contributed by atoms with Gasteiger partial charge in [0.2, 0.25) is 0 Å². The van der Waals surface area contributed by atoms with E-state index in [-0.39, 0.29) is 0 Å². The van der Waals surface area contributed by atoms with Gasteiger partial charge in [-0.05, 0) is 61.5 Å². The van der Waals surface area contributed by atoms with Gasteiger partial charge in [-0.3, -0.25) is 9.88 Å². The Balaban J connectivity index is 1.77. The number of fused-ring (bicyclic) bond motifs is 1. The van der Waals surface area contributed by atoms with E-state index in [4.69, 9.17) is 5.73 Å². The molecule has 1 aliphatic rings. The number of halogens is 2. The molecule has 1 aliphatic heterocycles. The Kier molecular flexibility index (Phi) is 4.10. The van der Waals surface area contributed by atoms with Crippen LogP contribution in [0.4, 0.5) is 5.69 Å². The molecule has 3 rings (SSSR count). The molecule has 0 fully saturated rings. The van der Waals surface area contributed by atoms with Crippen LogP contribution in [0.15, 0.2) is 39.4 Å². The molecular formula is C15H15Br2N3. The molecule has 3 nitrogen and oxygen atoms in total. The Bertz CT molecular complexity index is 643. The summed E-state index contributed by atoms with van der Waals surface area (Å²) in [5, 5.41) is 0. The first-order valence-electron chi connectivity index (χ1n) is 6.52. The summed E-state index contributed by atoms with van der Waals surface area (Å²) < 4.78 is 2.04. The minimum Gasteiger partial charge on any atom is -0.398 e. The van der Waals surface area contributed by atoms with E-state index in [1.807, 2.05) is 24.4 Å².